The highest BCUT2D eigenvalue weighted by molar-refractivity contribution is 5.94. The highest BCUT2D eigenvalue weighted by Gasteiger charge is 2.27. The number of amides is 1. The summed E-state index contributed by atoms with van der Waals surface area (Å²) in [5.74, 6) is 0.986. The fourth-order valence-corrected chi connectivity index (χ4v) is 4.11. The summed E-state index contributed by atoms with van der Waals surface area (Å²) in [6.07, 6.45) is 2.16. The van der Waals surface area contributed by atoms with Crippen LogP contribution >= 0.6 is 0 Å². The molecular formula is C25H29N7O2. The van der Waals surface area contributed by atoms with Crippen LogP contribution in [-0.2, 0) is 4.79 Å². The number of aromatic nitrogens is 4. The second-order valence-corrected chi connectivity index (χ2v) is 9.13. The minimum Gasteiger partial charge on any atom is -0.353 e. The number of carbonyl (C=O) groups is 1. The number of hydrogen-bond acceptors (Lipinski definition) is 7. The van der Waals surface area contributed by atoms with E-state index in [0.717, 1.165) is 61.8 Å². The SMILES string of the molecule is CC(C(=O)Nc1cccc(-c2ccc(N3CCN(C)CC3)nn2)c1)n1nc(C2CC2)ccc1=O. The molecule has 5 rings (SSSR count). The highest BCUT2D eigenvalue weighted by Crippen LogP contribution is 2.38. The molecule has 3 aromatic rings. The monoisotopic (exact) mass is 459 g/mol. The maximum Gasteiger partial charge on any atom is 0.267 e. The molecule has 1 aliphatic heterocycles. The zero-order chi connectivity index (χ0) is 23.7. The number of piperazine rings is 1. The van der Waals surface area contributed by atoms with Crippen LogP contribution in [0.25, 0.3) is 11.3 Å². The van der Waals surface area contributed by atoms with Gasteiger partial charge < -0.3 is 15.1 Å². The molecule has 1 saturated carbocycles. The Labute approximate surface area is 198 Å². The lowest BCUT2D eigenvalue weighted by atomic mass is 10.1. The van der Waals surface area contributed by atoms with Gasteiger partial charge in [0.05, 0.1) is 11.4 Å². The van der Waals surface area contributed by atoms with Crippen molar-refractivity contribution in [3.8, 4) is 11.3 Å². The van der Waals surface area contributed by atoms with Gasteiger partial charge in [-0.05, 0) is 57.1 Å². The molecule has 1 saturated heterocycles. The summed E-state index contributed by atoms with van der Waals surface area (Å²) in [4.78, 5) is 29.8. The Hall–Kier alpha value is -3.59. The van der Waals surface area contributed by atoms with E-state index in [0.29, 0.717) is 11.6 Å². The molecule has 2 fully saturated rings. The first-order chi connectivity index (χ1) is 16.5. The average molecular weight is 460 g/mol. The molecule has 34 heavy (non-hydrogen) atoms. The van der Waals surface area contributed by atoms with Crippen LogP contribution in [0.3, 0.4) is 0 Å². The predicted molar refractivity (Wildman–Crippen MR) is 131 cm³/mol. The molecule has 2 aromatic heterocycles. The quantitative estimate of drug-likeness (QED) is 0.605. The Bertz CT molecular complexity index is 1230. The van der Waals surface area contributed by atoms with Crippen LogP contribution in [0.5, 0.6) is 0 Å². The first kappa shape index (κ1) is 22.2. The van der Waals surface area contributed by atoms with Crippen molar-refractivity contribution in [2.24, 2.45) is 0 Å². The standard InChI is InChI=1S/C25H29N7O2/c1-17(32-24(33)11-9-22(29-32)18-6-7-18)25(34)26-20-5-3-4-19(16-20)21-8-10-23(28-27-21)31-14-12-30(2)13-15-31/h3-5,8-11,16-18H,6-7,12-15H2,1-2H3,(H,26,34). The lowest BCUT2D eigenvalue weighted by molar-refractivity contribution is -0.119. The Balaban J connectivity index is 1.28. The van der Waals surface area contributed by atoms with Crippen LogP contribution < -0.4 is 15.8 Å². The van der Waals surface area contributed by atoms with E-state index in [1.165, 1.54) is 10.7 Å². The van der Waals surface area contributed by atoms with Crippen LogP contribution in [0.1, 0.15) is 37.4 Å². The Morgan fingerprint density at radius 2 is 1.82 bits per heavy atom. The molecule has 176 valence electrons. The van der Waals surface area contributed by atoms with Gasteiger partial charge in [0.2, 0.25) is 5.91 Å². The second-order valence-electron chi connectivity index (χ2n) is 9.13. The number of nitrogens with one attached hydrogen (secondary N) is 1. The Morgan fingerprint density at radius 1 is 1.03 bits per heavy atom. The largest absolute Gasteiger partial charge is 0.353 e. The first-order valence-electron chi connectivity index (χ1n) is 11.8. The van der Waals surface area contributed by atoms with Crippen molar-refractivity contribution in [3.05, 3.63) is 64.6 Å². The molecule has 9 heteroatoms. The Morgan fingerprint density at radius 3 is 2.53 bits per heavy atom. The number of carbonyl (C=O) groups excluding carboxylic acids is 1. The predicted octanol–water partition coefficient (Wildman–Crippen LogP) is 2.53. The number of nitrogens with zero attached hydrogens (tertiary/aromatic N) is 6. The van der Waals surface area contributed by atoms with Gasteiger partial charge in [0.15, 0.2) is 5.82 Å². The molecule has 3 heterocycles. The fraction of sp³-hybridized carbons (Fsp3) is 0.400. The van der Waals surface area contributed by atoms with Crippen molar-refractivity contribution < 1.29 is 4.79 Å². The van der Waals surface area contributed by atoms with Gasteiger partial charge in [0.25, 0.3) is 5.56 Å². The summed E-state index contributed by atoms with van der Waals surface area (Å²) in [5.41, 5.74) is 2.81. The van der Waals surface area contributed by atoms with E-state index in [4.69, 9.17) is 0 Å². The highest BCUT2D eigenvalue weighted by atomic mass is 16.2. The second kappa shape index (κ2) is 9.34. The van der Waals surface area contributed by atoms with Gasteiger partial charge in [-0.1, -0.05) is 12.1 Å². The van der Waals surface area contributed by atoms with E-state index in [-0.39, 0.29) is 11.5 Å². The molecule has 1 amide bonds. The third kappa shape index (κ3) is 4.84. The summed E-state index contributed by atoms with van der Waals surface area (Å²) in [5, 5.41) is 16.2. The normalized spacial score (nSPS) is 17.4. The third-order valence-electron chi connectivity index (χ3n) is 6.49. The lowest BCUT2D eigenvalue weighted by Crippen LogP contribution is -2.44. The average Bonchev–Trinajstić information content (AvgIpc) is 3.70. The molecular weight excluding hydrogens is 430 g/mol. The van der Waals surface area contributed by atoms with Crippen molar-refractivity contribution in [2.45, 2.75) is 31.7 Å². The van der Waals surface area contributed by atoms with Gasteiger partial charge in [-0.3, -0.25) is 9.59 Å². The van der Waals surface area contributed by atoms with Crippen LogP contribution in [0.4, 0.5) is 11.5 Å². The third-order valence-corrected chi connectivity index (χ3v) is 6.49. The summed E-state index contributed by atoms with van der Waals surface area (Å²) in [6, 6.07) is 14.0. The smallest absolute Gasteiger partial charge is 0.267 e. The maximum absolute atomic E-state index is 12.9. The Kier molecular flexibility index (Phi) is 6.10. The van der Waals surface area contributed by atoms with E-state index < -0.39 is 6.04 Å². The number of likely N-dealkylation sites (N-methyl/N-ethyl adjacent to an activating group) is 1. The summed E-state index contributed by atoms with van der Waals surface area (Å²) in [7, 11) is 2.12. The van der Waals surface area contributed by atoms with Gasteiger partial charge in [0.1, 0.15) is 6.04 Å². The molecule has 1 aromatic carbocycles. The molecule has 1 unspecified atom stereocenters. The van der Waals surface area contributed by atoms with Crippen molar-refractivity contribution in [3.63, 3.8) is 0 Å². The van der Waals surface area contributed by atoms with E-state index in [2.05, 4.69) is 37.5 Å². The van der Waals surface area contributed by atoms with Gasteiger partial charge >= 0.3 is 0 Å². The zero-order valence-electron chi connectivity index (χ0n) is 19.5. The van der Waals surface area contributed by atoms with E-state index >= 15 is 0 Å². The lowest BCUT2D eigenvalue weighted by Gasteiger charge is -2.32. The van der Waals surface area contributed by atoms with Gasteiger partial charge in [-0.2, -0.15) is 5.10 Å². The molecule has 0 spiro atoms. The summed E-state index contributed by atoms with van der Waals surface area (Å²) >= 11 is 0. The number of rotatable bonds is 6. The van der Waals surface area contributed by atoms with Crippen LogP contribution in [0, 0.1) is 0 Å². The fourth-order valence-electron chi connectivity index (χ4n) is 4.11. The molecule has 1 aliphatic carbocycles. The topological polar surface area (TPSA) is 96.2 Å². The van der Waals surface area contributed by atoms with Crippen LogP contribution in [-0.4, -0.2) is 64.0 Å². The summed E-state index contributed by atoms with van der Waals surface area (Å²) < 4.78 is 1.27. The molecule has 1 atom stereocenters. The van der Waals surface area contributed by atoms with Gasteiger partial charge in [-0.25, -0.2) is 4.68 Å². The molecule has 0 bridgehead atoms. The number of anilines is 2. The van der Waals surface area contributed by atoms with E-state index in [1.54, 1.807) is 13.0 Å². The van der Waals surface area contributed by atoms with E-state index in [9.17, 15) is 9.59 Å². The van der Waals surface area contributed by atoms with Crippen molar-refractivity contribution in [1.82, 2.24) is 24.9 Å². The number of benzene rings is 1. The van der Waals surface area contributed by atoms with Crippen LogP contribution in [0.15, 0.2) is 53.3 Å². The van der Waals surface area contributed by atoms with Gasteiger partial charge in [0, 0.05) is 49.4 Å². The van der Waals surface area contributed by atoms with Crippen molar-refractivity contribution in [1.29, 1.82) is 0 Å². The molecule has 2 aliphatic rings. The minimum atomic E-state index is -0.725. The molecule has 1 N–H and O–H groups in total. The molecule has 0 radical (unpaired) electrons. The number of hydrogen-bond donors (Lipinski definition) is 1. The van der Waals surface area contributed by atoms with Crippen molar-refractivity contribution in [2.75, 3.05) is 43.4 Å². The molecule has 9 nitrogen and oxygen atoms in total. The van der Waals surface area contributed by atoms with Crippen molar-refractivity contribution >= 4 is 17.4 Å². The van der Waals surface area contributed by atoms with Gasteiger partial charge in [-0.15, -0.1) is 10.2 Å². The maximum atomic E-state index is 12.9. The summed E-state index contributed by atoms with van der Waals surface area (Å²) in [6.45, 7) is 5.58. The van der Waals surface area contributed by atoms with Crippen LogP contribution in [0.2, 0.25) is 0 Å². The first-order valence-corrected chi connectivity index (χ1v) is 11.8. The zero-order valence-corrected chi connectivity index (χ0v) is 19.5. The minimum absolute atomic E-state index is 0.281. The van der Waals surface area contributed by atoms with E-state index in [1.807, 2.05) is 36.4 Å².